The van der Waals surface area contributed by atoms with Crippen molar-refractivity contribution < 1.29 is 4.79 Å². The van der Waals surface area contributed by atoms with Crippen LogP contribution in [0, 0.1) is 5.92 Å². The van der Waals surface area contributed by atoms with Crippen molar-refractivity contribution >= 4 is 29.1 Å². The molecule has 0 aliphatic rings. The van der Waals surface area contributed by atoms with Gasteiger partial charge in [-0.25, -0.2) is 0 Å². The Kier molecular flexibility index (Phi) is 6.51. The summed E-state index contributed by atoms with van der Waals surface area (Å²) in [5.74, 6) is 0.666. The van der Waals surface area contributed by atoms with E-state index in [9.17, 15) is 4.79 Å². The Labute approximate surface area is 119 Å². The van der Waals surface area contributed by atoms with Crippen LogP contribution >= 0.6 is 23.2 Å². The molecule has 1 amide bonds. The Balaban J connectivity index is 2.30. The van der Waals surface area contributed by atoms with Gasteiger partial charge in [0, 0.05) is 23.0 Å². The molecule has 0 aromatic heterocycles. The molecule has 0 saturated heterocycles. The SMILES string of the molecule is CC(C)CCC(=O)NCCc1cc(Cl)cc(Cl)c1. The lowest BCUT2D eigenvalue weighted by molar-refractivity contribution is -0.121. The summed E-state index contributed by atoms with van der Waals surface area (Å²) >= 11 is 11.8. The monoisotopic (exact) mass is 287 g/mol. The number of amides is 1. The van der Waals surface area contributed by atoms with Crippen LogP contribution in [-0.4, -0.2) is 12.5 Å². The Morgan fingerprint density at radius 2 is 1.83 bits per heavy atom. The number of hydrogen-bond acceptors (Lipinski definition) is 1. The lowest BCUT2D eigenvalue weighted by Gasteiger charge is -2.07. The maximum Gasteiger partial charge on any atom is 0.220 e. The van der Waals surface area contributed by atoms with Crippen molar-refractivity contribution in [1.82, 2.24) is 5.32 Å². The average Bonchev–Trinajstić information content (AvgIpc) is 2.25. The number of rotatable bonds is 6. The van der Waals surface area contributed by atoms with Gasteiger partial charge in [-0.1, -0.05) is 37.0 Å². The van der Waals surface area contributed by atoms with Gasteiger partial charge >= 0.3 is 0 Å². The Morgan fingerprint density at radius 1 is 1.22 bits per heavy atom. The second-order valence-electron chi connectivity index (χ2n) is 4.81. The Bertz CT molecular complexity index is 385. The topological polar surface area (TPSA) is 29.1 Å². The zero-order valence-corrected chi connectivity index (χ0v) is 12.3. The zero-order valence-electron chi connectivity index (χ0n) is 10.8. The number of carbonyl (C=O) groups is 1. The summed E-state index contributed by atoms with van der Waals surface area (Å²) in [6.45, 7) is 4.84. The van der Waals surface area contributed by atoms with E-state index >= 15 is 0 Å². The molecule has 2 nitrogen and oxygen atoms in total. The fourth-order valence-electron chi connectivity index (χ4n) is 1.61. The van der Waals surface area contributed by atoms with Crippen molar-refractivity contribution in [3.63, 3.8) is 0 Å². The maximum absolute atomic E-state index is 11.5. The first-order valence-electron chi connectivity index (χ1n) is 6.19. The largest absolute Gasteiger partial charge is 0.356 e. The van der Waals surface area contributed by atoms with Crippen LogP contribution in [0.2, 0.25) is 10.0 Å². The van der Waals surface area contributed by atoms with Crippen LogP contribution in [0.5, 0.6) is 0 Å². The van der Waals surface area contributed by atoms with Crippen molar-refractivity contribution in [2.45, 2.75) is 33.1 Å². The van der Waals surface area contributed by atoms with Gasteiger partial charge in [-0.2, -0.15) is 0 Å². The third-order valence-electron chi connectivity index (χ3n) is 2.61. The van der Waals surface area contributed by atoms with E-state index in [4.69, 9.17) is 23.2 Å². The highest BCUT2D eigenvalue weighted by Gasteiger charge is 2.03. The molecule has 0 atom stereocenters. The van der Waals surface area contributed by atoms with Crippen LogP contribution in [0.3, 0.4) is 0 Å². The van der Waals surface area contributed by atoms with Crippen molar-refractivity contribution in [2.24, 2.45) is 5.92 Å². The quantitative estimate of drug-likeness (QED) is 0.839. The molecule has 0 aliphatic heterocycles. The van der Waals surface area contributed by atoms with Gasteiger partial charge < -0.3 is 5.32 Å². The molecule has 4 heteroatoms. The van der Waals surface area contributed by atoms with E-state index in [0.29, 0.717) is 28.9 Å². The molecule has 100 valence electrons. The smallest absolute Gasteiger partial charge is 0.220 e. The Hall–Kier alpha value is -0.730. The summed E-state index contributed by atoms with van der Waals surface area (Å²) in [5.41, 5.74) is 1.04. The van der Waals surface area contributed by atoms with E-state index in [-0.39, 0.29) is 5.91 Å². The molecular weight excluding hydrogens is 269 g/mol. The highest BCUT2D eigenvalue weighted by molar-refractivity contribution is 6.34. The van der Waals surface area contributed by atoms with Gasteiger partial charge in [-0.15, -0.1) is 0 Å². The number of hydrogen-bond donors (Lipinski definition) is 1. The first-order valence-corrected chi connectivity index (χ1v) is 6.94. The summed E-state index contributed by atoms with van der Waals surface area (Å²) in [5, 5.41) is 4.16. The van der Waals surface area contributed by atoms with E-state index < -0.39 is 0 Å². The third-order valence-corrected chi connectivity index (χ3v) is 3.04. The molecule has 18 heavy (non-hydrogen) atoms. The highest BCUT2D eigenvalue weighted by Crippen LogP contribution is 2.19. The van der Waals surface area contributed by atoms with Gasteiger partial charge in [-0.05, 0) is 42.5 Å². The maximum atomic E-state index is 11.5. The first-order chi connectivity index (χ1) is 8.47. The van der Waals surface area contributed by atoms with Crippen molar-refractivity contribution in [2.75, 3.05) is 6.54 Å². The molecule has 0 fully saturated rings. The van der Waals surface area contributed by atoms with Gasteiger partial charge in [0.1, 0.15) is 0 Å². The second-order valence-corrected chi connectivity index (χ2v) is 5.68. The third kappa shape index (κ3) is 6.27. The lowest BCUT2D eigenvalue weighted by Crippen LogP contribution is -2.25. The molecule has 1 N–H and O–H groups in total. The lowest BCUT2D eigenvalue weighted by atomic mass is 10.1. The zero-order chi connectivity index (χ0) is 13.5. The van der Waals surface area contributed by atoms with Gasteiger partial charge in [0.25, 0.3) is 0 Å². The molecule has 0 radical (unpaired) electrons. The van der Waals surface area contributed by atoms with Crippen LogP contribution in [0.4, 0.5) is 0 Å². The summed E-state index contributed by atoms with van der Waals surface area (Å²) in [7, 11) is 0. The van der Waals surface area contributed by atoms with Crippen LogP contribution in [0.15, 0.2) is 18.2 Å². The van der Waals surface area contributed by atoms with Crippen LogP contribution < -0.4 is 5.32 Å². The fourth-order valence-corrected chi connectivity index (χ4v) is 2.18. The molecule has 0 aliphatic carbocycles. The van der Waals surface area contributed by atoms with Crippen LogP contribution in [0.1, 0.15) is 32.3 Å². The summed E-state index contributed by atoms with van der Waals surface area (Å²) in [6, 6.07) is 5.44. The molecule has 1 aromatic carbocycles. The van der Waals surface area contributed by atoms with E-state index in [0.717, 1.165) is 18.4 Å². The number of nitrogens with one attached hydrogen (secondary N) is 1. The van der Waals surface area contributed by atoms with Gasteiger partial charge in [-0.3, -0.25) is 4.79 Å². The molecule has 1 rings (SSSR count). The van der Waals surface area contributed by atoms with Crippen molar-refractivity contribution in [1.29, 1.82) is 0 Å². The van der Waals surface area contributed by atoms with Gasteiger partial charge in [0.2, 0.25) is 5.91 Å². The fraction of sp³-hybridized carbons (Fsp3) is 0.500. The molecule has 0 unspecified atom stereocenters. The van der Waals surface area contributed by atoms with Crippen LogP contribution in [-0.2, 0) is 11.2 Å². The minimum Gasteiger partial charge on any atom is -0.356 e. The summed E-state index contributed by atoms with van der Waals surface area (Å²) in [6.07, 6.45) is 2.26. The number of carbonyl (C=O) groups excluding carboxylic acids is 1. The summed E-state index contributed by atoms with van der Waals surface area (Å²) in [4.78, 5) is 11.5. The first kappa shape index (κ1) is 15.3. The minimum atomic E-state index is 0.108. The predicted molar refractivity (Wildman–Crippen MR) is 77.2 cm³/mol. The van der Waals surface area contributed by atoms with Crippen molar-refractivity contribution in [3.8, 4) is 0 Å². The van der Waals surface area contributed by atoms with E-state index in [1.54, 1.807) is 6.07 Å². The molecule has 0 heterocycles. The molecule has 0 spiro atoms. The molecule has 0 bridgehead atoms. The minimum absolute atomic E-state index is 0.108. The van der Waals surface area contributed by atoms with Crippen LogP contribution in [0.25, 0.3) is 0 Å². The highest BCUT2D eigenvalue weighted by atomic mass is 35.5. The summed E-state index contributed by atoms with van der Waals surface area (Å²) < 4.78 is 0. The number of halogens is 2. The molecule has 0 saturated carbocycles. The van der Waals surface area contributed by atoms with E-state index in [1.807, 2.05) is 12.1 Å². The van der Waals surface area contributed by atoms with Crippen molar-refractivity contribution in [3.05, 3.63) is 33.8 Å². The van der Waals surface area contributed by atoms with Gasteiger partial charge in [0.15, 0.2) is 0 Å². The molecular formula is C14H19Cl2NO. The molecule has 1 aromatic rings. The van der Waals surface area contributed by atoms with E-state index in [2.05, 4.69) is 19.2 Å². The van der Waals surface area contributed by atoms with E-state index in [1.165, 1.54) is 0 Å². The predicted octanol–water partition coefficient (Wildman–Crippen LogP) is 4.09. The van der Waals surface area contributed by atoms with Gasteiger partial charge in [0.05, 0.1) is 0 Å². The normalized spacial score (nSPS) is 10.7. The Morgan fingerprint density at radius 3 is 2.39 bits per heavy atom. The average molecular weight is 288 g/mol. The number of benzene rings is 1. The standard InChI is InChI=1S/C14H19Cl2NO/c1-10(2)3-4-14(18)17-6-5-11-7-12(15)9-13(16)8-11/h7-10H,3-6H2,1-2H3,(H,17,18). The second kappa shape index (κ2) is 7.65.